The van der Waals surface area contributed by atoms with Gasteiger partial charge in [0.2, 0.25) is 0 Å². The molecule has 106 valence electrons. The van der Waals surface area contributed by atoms with Gasteiger partial charge in [-0.05, 0) is 31.0 Å². The molecule has 1 aromatic rings. The van der Waals surface area contributed by atoms with Crippen LogP contribution in [0, 0.1) is 11.2 Å². The van der Waals surface area contributed by atoms with Crippen molar-refractivity contribution in [2.24, 2.45) is 5.41 Å². The van der Waals surface area contributed by atoms with Gasteiger partial charge in [-0.1, -0.05) is 35.2 Å². The lowest BCUT2D eigenvalue weighted by atomic mass is 9.74. The monoisotopic (exact) mass is 329 g/mol. The van der Waals surface area contributed by atoms with Crippen LogP contribution in [0.15, 0.2) is 22.7 Å². The first-order valence-corrected chi connectivity index (χ1v) is 7.70. The summed E-state index contributed by atoms with van der Waals surface area (Å²) in [7, 11) is 0. The minimum Gasteiger partial charge on any atom is -0.396 e. The van der Waals surface area contributed by atoms with Gasteiger partial charge in [-0.15, -0.1) is 0 Å². The van der Waals surface area contributed by atoms with Gasteiger partial charge in [-0.25, -0.2) is 4.39 Å². The first-order valence-electron chi connectivity index (χ1n) is 6.91. The molecule has 0 spiro atoms. The summed E-state index contributed by atoms with van der Waals surface area (Å²) in [5, 5.41) is 12.9. The molecule has 1 aromatic carbocycles. The molecule has 0 aromatic heterocycles. The Labute approximate surface area is 122 Å². The summed E-state index contributed by atoms with van der Waals surface area (Å²) in [5.41, 5.74) is 0.666. The molecule has 1 saturated carbocycles. The van der Waals surface area contributed by atoms with E-state index in [2.05, 4.69) is 21.2 Å². The van der Waals surface area contributed by atoms with Crippen molar-refractivity contribution in [3.05, 3.63) is 34.1 Å². The summed E-state index contributed by atoms with van der Waals surface area (Å²) in [6.45, 7) is 1.49. The molecular weight excluding hydrogens is 309 g/mol. The summed E-state index contributed by atoms with van der Waals surface area (Å²) >= 11 is 3.35. The van der Waals surface area contributed by atoms with E-state index in [0.717, 1.165) is 23.9 Å². The molecular formula is C15H21BrFNO. The third-order valence-corrected chi connectivity index (χ3v) is 4.57. The molecule has 1 aliphatic rings. The number of benzene rings is 1. The van der Waals surface area contributed by atoms with Crippen molar-refractivity contribution in [3.8, 4) is 0 Å². The third-order valence-electron chi connectivity index (χ3n) is 4.07. The fourth-order valence-electron chi connectivity index (χ4n) is 2.83. The topological polar surface area (TPSA) is 32.3 Å². The predicted molar refractivity (Wildman–Crippen MR) is 78.4 cm³/mol. The molecule has 0 amide bonds. The van der Waals surface area contributed by atoms with Gasteiger partial charge in [-0.2, -0.15) is 0 Å². The van der Waals surface area contributed by atoms with Crippen molar-refractivity contribution in [1.82, 2.24) is 5.32 Å². The van der Waals surface area contributed by atoms with Crippen LogP contribution in [0.3, 0.4) is 0 Å². The second-order valence-electron chi connectivity index (χ2n) is 5.56. The summed E-state index contributed by atoms with van der Waals surface area (Å²) in [6, 6.07) is 4.98. The van der Waals surface area contributed by atoms with Gasteiger partial charge in [0.25, 0.3) is 0 Å². The number of aliphatic hydroxyl groups is 1. The smallest absolute Gasteiger partial charge is 0.127 e. The second-order valence-corrected chi connectivity index (χ2v) is 6.47. The van der Waals surface area contributed by atoms with E-state index in [4.69, 9.17) is 0 Å². The Morgan fingerprint density at radius 2 is 2.00 bits per heavy atom. The van der Waals surface area contributed by atoms with Crippen LogP contribution in [0.1, 0.15) is 37.7 Å². The molecule has 0 unspecified atom stereocenters. The van der Waals surface area contributed by atoms with Gasteiger partial charge < -0.3 is 10.4 Å². The van der Waals surface area contributed by atoms with Crippen molar-refractivity contribution in [2.45, 2.75) is 38.6 Å². The fraction of sp³-hybridized carbons (Fsp3) is 0.600. The molecule has 19 heavy (non-hydrogen) atoms. The summed E-state index contributed by atoms with van der Waals surface area (Å²) in [4.78, 5) is 0. The van der Waals surface area contributed by atoms with Crippen LogP contribution in [0.4, 0.5) is 4.39 Å². The number of rotatable bonds is 5. The second kappa shape index (κ2) is 6.82. The Balaban J connectivity index is 1.90. The molecule has 2 rings (SSSR count). The molecule has 0 aliphatic heterocycles. The number of aliphatic hydroxyl groups excluding tert-OH is 1. The lowest BCUT2D eigenvalue weighted by Crippen LogP contribution is -2.38. The molecule has 1 fully saturated rings. The van der Waals surface area contributed by atoms with Crippen LogP contribution in [0.5, 0.6) is 0 Å². The van der Waals surface area contributed by atoms with Crippen LogP contribution in [-0.4, -0.2) is 18.3 Å². The minimum atomic E-state index is -0.183. The standard InChI is InChI=1S/C15H21BrFNO/c16-13-4-5-14(17)12(8-13)9-18-10-15(11-19)6-2-1-3-7-15/h4-5,8,18-19H,1-3,6-7,9-11H2. The van der Waals surface area contributed by atoms with Crippen LogP contribution in [-0.2, 0) is 6.54 Å². The highest BCUT2D eigenvalue weighted by atomic mass is 79.9. The van der Waals surface area contributed by atoms with Crippen molar-refractivity contribution in [3.63, 3.8) is 0 Å². The van der Waals surface area contributed by atoms with Crippen LogP contribution < -0.4 is 5.32 Å². The van der Waals surface area contributed by atoms with Gasteiger partial charge in [-0.3, -0.25) is 0 Å². The van der Waals surface area contributed by atoms with Gasteiger partial charge in [0.1, 0.15) is 5.82 Å². The molecule has 0 saturated heterocycles. The molecule has 1 aliphatic carbocycles. The minimum absolute atomic E-state index is 0.000733. The van der Waals surface area contributed by atoms with Gasteiger partial charge in [0.15, 0.2) is 0 Å². The highest BCUT2D eigenvalue weighted by molar-refractivity contribution is 9.10. The molecule has 0 atom stereocenters. The van der Waals surface area contributed by atoms with E-state index in [0.29, 0.717) is 12.1 Å². The number of hydrogen-bond donors (Lipinski definition) is 2. The summed E-state index contributed by atoms with van der Waals surface area (Å²) in [6.07, 6.45) is 5.78. The highest BCUT2D eigenvalue weighted by Crippen LogP contribution is 2.35. The SMILES string of the molecule is OCC1(CNCc2cc(Br)ccc2F)CCCCC1. The first kappa shape index (κ1) is 14.9. The fourth-order valence-corrected chi connectivity index (χ4v) is 3.24. The normalized spacial score (nSPS) is 18.5. The van der Waals surface area contributed by atoms with E-state index in [1.165, 1.54) is 25.3 Å². The Morgan fingerprint density at radius 3 is 2.68 bits per heavy atom. The van der Waals surface area contributed by atoms with E-state index in [1.807, 2.05) is 0 Å². The van der Waals surface area contributed by atoms with Crippen molar-refractivity contribution < 1.29 is 9.50 Å². The summed E-state index contributed by atoms with van der Waals surface area (Å²) < 4.78 is 14.5. The van der Waals surface area contributed by atoms with Crippen molar-refractivity contribution in [2.75, 3.05) is 13.2 Å². The zero-order valence-electron chi connectivity index (χ0n) is 11.1. The van der Waals surface area contributed by atoms with Gasteiger partial charge in [0, 0.05) is 35.1 Å². The average molecular weight is 330 g/mol. The zero-order chi connectivity index (χ0) is 13.7. The van der Waals surface area contributed by atoms with E-state index in [1.54, 1.807) is 12.1 Å². The Morgan fingerprint density at radius 1 is 1.26 bits per heavy atom. The molecule has 0 bridgehead atoms. The molecule has 0 radical (unpaired) electrons. The van der Waals surface area contributed by atoms with Crippen LogP contribution in [0.25, 0.3) is 0 Å². The quantitative estimate of drug-likeness (QED) is 0.864. The van der Waals surface area contributed by atoms with Crippen LogP contribution in [0.2, 0.25) is 0 Å². The maximum atomic E-state index is 13.6. The Hall–Kier alpha value is -0.450. The highest BCUT2D eigenvalue weighted by Gasteiger charge is 2.30. The lowest BCUT2D eigenvalue weighted by molar-refractivity contribution is 0.0810. The largest absolute Gasteiger partial charge is 0.396 e. The van der Waals surface area contributed by atoms with E-state index in [9.17, 15) is 9.50 Å². The van der Waals surface area contributed by atoms with Gasteiger partial charge in [0.05, 0.1) is 0 Å². The van der Waals surface area contributed by atoms with Gasteiger partial charge >= 0.3 is 0 Å². The Kier molecular flexibility index (Phi) is 5.37. The van der Waals surface area contributed by atoms with E-state index < -0.39 is 0 Å². The average Bonchev–Trinajstić information content (AvgIpc) is 2.44. The predicted octanol–water partition coefficient (Wildman–Crippen LogP) is 3.62. The molecule has 2 N–H and O–H groups in total. The van der Waals surface area contributed by atoms with E-state index in [-0.39, 0.29) is 17.8 Å². The first-order chi connectivity index (χ1) is 9.15. The maximum Gasteiger partial charge on any atom is 0.127 e. The zero-order valence-corrected chi connectivity index (χ0v) is 12.7. The molecule has 0 heterocycles. The summed E-state index contributed by atoms with van der Waals surface area (Å²) in [5.74, 6) is -0.183. The Bertz CT molecular complexity index is 419. The van der Waals surface area contributed by atoms with Crippen molar-refractivity contribution >= 4 is 15.9 Å². The maximum absolute atomic E-state index is 13.6. The molecule has 2 nitrogen and oxygen atoms in total. The number of hydrogen-bond acceptors (Lipinski definition) is 2. The van der Waals surface area contributed by atoms with Crippen LogP contribution >= 0.6 is 15.9 Å². The van der Waals surface area contributed by atoms with E-state index >= 15 is 0 Å². The molecule has 4 heteroatoms. The lowest BCUT2D eigenvalue weighted by Gasteiger charge is -2.35. The number of halogens is 2. The third kappa shape index (κ3) is 4.01. The van der Waals surface area contributed by atoms with Crippen molar-refractivity contribution in [1.29, 1.82) is 0 Å². The number of nitrogens with one attached hydrogen (secondary N) is 1.